The quantitative estimate of drug-likeness (QED) is 0.515. The normalized spacial score (nSPS) is 15.0. The van der Waals surface area contributed by atoms with Crippen LogP contribution in [-0.2, 0) is 11.5 Å². The molecule has 3 aromatic rings. The number of rotatable bonds is 7. The monoisotopic (exact) mass is 401 g/mol. The van der Waals surface area contributed by atoms with Crippen LogP contribution in [0.3, 0.4) is 0 Å². The van der Waals surface area contributed by atoms with Gasteiger partial charge in [0.2, 0.25) is 0 Å². The van der Waals surface area contributed by atoms with Crippen LogP contribution in [0.15, 0.2) is 54.7 Å². The van der Waals surface area contributed by atoms with Crippen LogP contribution in [0.5, 0.6) is 0 Å². The van der Waals surface area contributed by atoms with E-state index in [-0.39, 0.29) is 5.91 Å². The van der Waals surface area contributed by atoms with Crippen LogP contribution >= 0.6 is 0 Å². The zero-order chi connectivity index (χ0) is 21.3. The molecule has 1 amide bonds. The molecular formula is C26H31N3O. The van der Waals surface area contributed by atoms with Crippen LogP contribution in [0.4, 0.5) is 5.69 Å². The average Bonchev–Trinajstić information content (AvgIpc) is 3.19. The van der Waals surface area contributed by atoms with Crippen molar-refractivity contribution in [2.24, 2.45) is 11.8 Å². The summed E-state index contributed by atoms with van der Waals surface area (Å²) in [6.45, 7) is 12.1. The van der Waals surface area contributed by atoms with Crippen molar-refractivity contribution in [3.05, 3.63) is 65.9 Å². The van der Waals surface area contributed by atoms with Crippen LogP contribution in [0.2, 0.25) is 0 Å². The Labute approximate surface area is 179 Å². The minimum absolute atomic E-state index is 0.0331. The first-order chi connectivity index (χ1) is 14.4. The van der Waals surface area contributed by atoms with Gasteiger partial charge in [0.25, 0.3) is 5.91 Å². The Morgan fingerprint density at radius 3 is 2.37 bits per heavy atom. The number of hydrogen-bond donors (Lipinski definition) is 1. The first-order valence-electron chi connectivity index (χ1n) is 10.8. The molecule has 0 atom stereocenters. The number of hydrogen-bond acceptors (Lipinski definition) is 2. The standard InChI is InChI=1S/C26H31N3O/c1-18(2)14-28(15-19(3)4)17-29-16-20(21-9-6-8-12-25(21)29)13-23-22-10-5-7-11-24(22)27-26(23)30/h5-13,16,18-19H,14-15,17H2,1-4H3,(H,27,30)/b23-13-. The third-order valence-electron chi connectivity index (χ3n) is 5.43. The van der Waals surface area contributed by atoms with Crippen molar-refractivity contribution >= 4 is 34.1 Å². The third-order valence-corrected chi connectivity index (χ3v) is 5.43. The van der Waals surface area contributed by atoms with Gasteiger partial charge in [0, 0.05) is 52.6 Å². The SMILES string of the molecule is CC(C)CN(CC(C)C)Cn1cc(/C=C2\C(=O)Nc3ccccc32)c2ccccc21. The number of nitrogens with zero attached hydrogens (tertiary/aromatic N) is 2. The van der Waals surface area contributed by atoms with Crippen molar-refractivity contribution in [3.8, 4) is 0 Å². The molecule has 0 unspecified atom stereocenters. The van der Waals surface area contributed by atoms with Gasteiger partial charge in [-0.05, 0) is 30.0 Å². The highest BCUT2D eigenvalue weighted by Gasteiger charge is 2.24. The Kier molecular flexibility index (Phi) is 5.78. The minimum Gasteiger partial charge on any atom is -0.333 e. The zero-order valence-electron chi connectivity index (χ0n) is 18.4. The molecule has 1 aliphatic heterocycles. The number of para-hydroxylation sites is 2. The maximum atomic E-state index is 12.6. The van der Waals surface area contributed by atoms with Crippen molar-refractivity contribution in [1.29, 1.82) is 0 Å². The van der Waals surface area contributed by atoms with E-state index in [0.29, 0.717) is 11.8 Å². The molecule has 0 spiro atoms. The zero-order valence-corrected chi connectivity index (χ0v) is 18.4. The van der Waals surface area contributed by atoms with E-state index in [1.807, 2.05) is 30.3 Å². The van der Waals surface area contributed by atoms with Gasteiger partial charge in [0.15, 0.2) is 0 Å². The number of carbonyl (C=O) groups is 1. The lowest BCUT2D eigenvalue weighted by molar-refractivity contribution is -0.110. The molecule has 0 aliphatic carbocycles. The molecule has 2 aromatic carbocycles. The molecular weight excluding hydrogens is 370 g/mol. The fraction of sp³-hybridized carbons (Fsp3) is 0.346. The van der Waals surface area contributed by atoms with Gasteiger partial charge in [-0.1, -0.05) is 64.1 Å². The summed E-state index contributed by atoms with van der Waals surface area (Å²) in [7, 11) is 0. The summed E-state index contributed by atoms with van der Waals surface area (Å²) in [5.74, 6) is 1.20. The van der Waals surface area contributed by atoms with Crippen LogP contribution in [-0.4, -0.2) is 28.5 Å². The molecule has 2 heterocycles. The molecule has 4 rings (SSSR count). The second-order valence-corrected chi connectivity index (χ2v) is 9.09. The minimum atomic E-state index is -0.0331. The number of carbonyl (C=O) groups excluding carboxylic acids is 1. The molecule has 1 N–H and O–H groups in total. The van der Waals surface area contributed by atoms with Gasteiger partial charge in [-0.25, -0.2) is 0 Å². The molecule has 0 bridgehead atoms. The van der Waals surface area contributed by atoms with Crippen molar-refractivity contribution in [3.63, 3.8) is 0 Å². The molecule has 4 nitrogen and oxygen atoms in total. The summed E-state index contributed by atoms with van der Waals surface area (Å²) in [5, 5.41) is 4.15. The van der Waals surface area contributed by atoms with Crippen LogP contribution < -0.4 is 5.32 Å². The van der Waals surface area contributed by atoms with Gasteiger partial charge in [-0.15, -0.1) is 0 Å². The van der Waals surface area contributed by atoms with E-state index in [0.717, 1.165) is 42.1 Å². The van der Waals surface area contributed by atoms with Gasteiger partial charge in [0.1, 0.15) is 0 Å². The summed E-state index contributed by atoms with van der Waals surface area (Å²) in [5.41, 5.74) is 4.88. The molecule has 4 heteroatoms. The number of benzene rings is 2. The highest BCUT2D eigenvalue weighted by molar-refractivity contribution is 6.35. The number of anilines is 1. The van der Waals surface area contributed by atoms with E-state index in [1.165, 1.54) is 10.9 Å². The second kappa shape index (κ2) is 8.49. The van der Waals surface area contributed by atoms with Crippen LogP contribution in [0.1, 0.15) is 38.8 Å². The van der Waals surface area contributed by atoms with Crippen LogP contribution in [0.25, 0.3) is 22.6 Å². The maximum Gasteiger partial charge on any atom is 0.256 e. The lowest BCUT2D eigenvalue weighted by Crippen LogP contribution is -2.33. The number of fused-ring (bicyclic) bond motifs is 2. The summed E-state index contributed by atoms with van der Waals surface area (Å²) in [6.07, 6.45) is 4.23. The topological polar surface area (TPSA) is 37.3 Å². The Morgan fingerprint density at radius 2 is 1.63 bits per heavy atom. The Balaban J connectivity index is 1.74. The van der Waals surface area contributed by atoms with E-state index >= 15 is 0 Å². The Hall–Kier alpha value is -2.85. The lowest BCUT2D eigenvalue weighted by Gasteiger charge is -2.27. The lowest BCUT2D eigenvalue weighted by atomic mass is 10.0. The molecule has 1 aromatic heterocycles. The maximum absolute atomic E-state index is 12.6. The molecule has 0 saturated heterocycles. The molecule has 0 fully saturated rings. The molecule has 0 saturated carbocycles. The molecule has 156 valence electrons. The van der Waals surface area contributed by atoms with E-state index in [1.54, 1.807) is 0 Å². The van der Waals surface area contributed by atoms with Gasteiger partial charge < -0.3 is 9.88 Å². The summed E-state index contributed by atoms with van der Waals surface area (Å²) in [6, 6.07) is 16.4. The number of aromatic nitrogens is 1. The van der Waals surface area contributed by atoms with E-state index in [2.05, 4.69) is 72.9 Å². The average molecular weight is 402 g/mol. The smallest absolute Gasteiger partial charge is 0.256 e. The van der Waals surface area contributed by atoms with Gasteiger partial charge >= 0.3 is 0 Å². The Bertz CT molecular complexity index is 1080. The molecule has 1 aliphatic rings. The number of amides is 1. The van der Waals surface area contributed by atoms with Gasteiger partial charge in [0.05, 0.1) is 6.67 Å². The van der Waals surface area contributed by atoms with E-state index in [4.69, 9.17) is 0 Å². The van der Waals surface area contributed by atoms with Crippen molar-refractivity contribution in [1.82, 2.24) is 9.47 Å². The largest absolute Gasteiger partial charge is 0.333 e. The summed E-state index contributed by atoms with van der Waals surface area (Å²) < 4.78 is 2.32. The third kappa shape index (κ3) is 4.19. The predicted molar refractivity (Wildman–Crippen MR) is 126 cm³/mol. The van der Waals surface area contributed by atoms with Crippen LogP contribution in [0, 0.1) is 11.8 Å². The fourth-order valence-corrected chi connectivity index (χ4v) is 4.38. The van der Waals surface area contributed by atoms with Gasteiger partial charge in [-0.3, -0.25) is 9.69 Å². The highest BCUT2D eigenvalue weighted by Crippen LogP contribution is 2.34. The van der Waals surface area contributed by atoms with Crippen molar-refractivity contribution in [2.45, 2.75) is 34.4 Å². The Morgan fingerprint density at radius 1 is 0.967 bits per heavy atom. The summed E-state index contributed by atoms with van der Waals surface area (Å²) in [4.78, 5) is 15.1. The van der Waals surface area contributed by atoms with Crippen molar-refractivity contribution < 1.29 is 4.79 Å². The number of nitrogens with one attached hydrogen (secondary N) is 1. The van der Waals surface area contributed by atoms with Crippen molar-refractivity contribution in [2.75, 3.05) is 18.4 Å². The molecule has 0 radical (unpaired) electrons. The molecule has 30 heavy (non-hydrogen) atoms. The first kappa shape index (κ1) is 20.4. The van der Waals surface area contributed by atoms with E-state index in [9.17, 15) is 4.79 Å². The fourth-order valence-electron chi connectivity index (χ4n) is 4.38. The summed E-state index contributed by atoms with van der Waals surface area (Å²) >= 11 is 0. The second-order valence-electron chi connectivity index (χ2n) is 9.09. The van der Waals surface area contributed by atoms with Gasteiger partial charge in [-0.2, -0.15) is 0 Å². The highest BCUT2D eigenvalue weighted by atomic mass is 16.2. The predicted octanol–water partition coefficient (Wildman–Crippen LogP) is 5.71. The first-order valence-corrected chi connectivity index (χ1v) is 10.8. The van der Waals surface area contributed by atoms with E-state index < -0.39 is 0 Å².